The third-order valence-corrected chi connectivity index (χ3v) is 3.83. The van der Waals surface area contributed by atoms with Gasteiger partial charge in [0.15, 0.2) is 0 Å². The van der Waals surface area contributed by atoms with E-state index in [9.17, 15) is 0 Å². The topological polar surface area (TPSA) is 24.9 Å². The Bertz CT molecular complexity index is 529. The van der Waals surface area contributed by atoms with Gasteiger partial charge in [-0.2, -0.15) is 0 Å². The molecule has 5 heteroatoms. The smallest absolute Gasteiger partial charge is 0.101 e. The Hall–Kier alpha value is -0.740. The Morgan fingerprint density at radius 3 is 2.67 bits per heavy atom. The molecule has 0 aliphatic rings. The summed E-state index contributed by atoms with van der Waals surface area (Å²) in [4.78, 5) is 5.30. The van der Waals surface area contributed by atoms with Gasteiger partial charge in [0.1, 0.15) is 5.03 Å². The van der Waals surface area contributed by atoms with E-state index in [-0.39, 0.29) is 0 Å². The molecular formula is C13H12Cl2N2S. The molecule has 0 atom stereocenters. The van der Waals surface area contributed by atoms with E-state index in [0.29, 0.717) is 5.02 Å². The maximum absolute atomic E-state index is 6.20. The number of rotatable bonds is 4. The van der Waals surface area contributed by atoms with Crippen LogP contribution in [0.3, 0.4) is 0 Å². The van der Waals surface area contributed by atoms with Crippen molar-refractivity contribution in [2.75, 3.05) is 7.05 Å². The predicted molar refractivity (Wildman–Crippen MR) is 77.6 cm³/mol. The molecule has 0 fully saturated rings. The molecule has 2 nitrogen and oxygen atoms in total. The average Bonchev–Trinajstić information content (AvgIpc) is 2.36. The van der Waals surface area contributed by atoms with Crippen molar-refractivity contribution in [3.63, 3.8) is 0 Å². The van der Waals surface area contributed by atoms with Crippen LogP contribution >= 0.6 is 35.0 Å². The SMILES string of the molecule is CNCc1ccc(Sc2ccc(Cl)cn2)cc1Cl. The van der Waals surface area contributed by atoms with Crippen molar-refractivity contribution in [2.45, 2.75) is 16.5 Å². The fourth-order valence-electron chi connectivity index (χ4n) is 1.47. The molecule has 0 aliphatic heterocycles. The van der Waals surface area contributed by atoms with Crippen molar-refractivity contribution in [3.8, 4) is 0 Å². The Morgan fingerprint density at radius 1 is 1.22 bits per heavy atom. The van der Waals surface area contributed by atoms with E-state index in [0.717, 1.165) is 27.1 Å². The summed E-state index contributed by atoms with van der Waals surface area (Å²) in [5.41, 5.74) is 1.09. The Morgan fingerprint density at radius 2 is 2.06 bits per heavy atom. The highest BCUT2D eigenvalue weighted by molar-refractivity contribution is 7.99. The summed E-state index contributed by atoms with van der Waals surface area (Å²) < 4.78 is 0. The Balaban J connectivity index is 2.14. The molecule has 1 aromatic heterocycles. The Kier molecular flexibility index (Phi) is 4.89. The molecule has 0 aliphatic carbocycles. The molecule has 18 heavy (non-hydrogen) atoms. The van der Waals surface area contributed by atoms with Gasteiger partial charge in [0.05, 0.1) is 5.02 Å². The molecule has 0 unspecified atom stereocenters. The quantitative estimate of drug-likeness (QED) is 0.913. The summed E-state index contributed by atoms with van der Waals surface area (Å²) in [7, 11) is 1.90. The molecule has 94 valence electrons. The molecule has 1 heterocycles. The van der Waals surface area contributed by atoms with Gasteiger partial charge in [-0.05, 0) is 36.9 Å². The van der Waals surface area contributed by atoms with Crippen LogP contribution in [-0.2, 0) is 6.54 Å². The van der Waals surface area contributed by atoms with E-state index in [1.54, 1.807) is 18.0 Å². The zero-order valence-corrected chi connectivity index (χ0v) is 12.1. The average molecular weight is 299 g/mol. The predicted octanol–water partition coefficient (Wildman–Crippen LogP) is 4.26. The number of nitrogens with one attached hydrogen (secondary N) is 1. The van der Waals surface area contributed by atoms with Gasteiger partial charge >= 0.3 is 0 Å². The molecule has 1 N–H and O–H groups in total. The van der Waals surface area contributed by atoms with Gasteiger partial charge in [0.2, 0.25) is 0 Å². The lowest BCUT2D eigenvalue weighted by Crippen LogP contribution is -2.05. The first-order chi connectivity index (χ1) is 8.69. The van der Waals surface area contributed by atoms with E-state index >= 15 is 0 Å². The molecular weight excluding hydrogens is 287 g/mol. The fraction of sp³-hybridized carbons (Fsp3) is 0.154. The maximum atomic E-state index is 6.20. The number of hydrogen-bond donors (Lipinski definition) is 1. The van der Waals surface area contributed by atoms with Crippen LogP contribution in [0.5, 0.6) is 0 Å². The summed E-state index contributed by atoms with van der Waals surface area (Å²) in [6.45, 7) is 0.767. The first kappa shape index (κ1) is 13.7. The largest absolute Gasteiger partial charge is 0.316 e. The number of aromatic nitrogens is 1. The summed E-state index contributed by atoms with van der Waals surface area (Å²) in [5.74, 6) is 0. The second-order valence-electron chi connectivity index (χ2n) is 3.70. The first-order valence-corrected chi connectivity index (χ1v) is 6.98. The second kappa shape index (κ2) is 6.43. The van der Waals surface area contributed by atoms with Crippen LogP contribution in [0, 0.1) is 0 Å². The minimum atomic E-state index is 0.641. The summed E-state index contributed by atoms with van der Waals surface area (Å²) in [5, 5.41) is 5.39. The van der Waals surface area contributed by atoms with Gasteiger partial charge in [0.25, 0.3) is 0 Å². The van der Waals surface area contributed by atoms with Crippen molar-refractivity contribution in [1.29, 1.82) is 0 Å². The number of halogens is 2. The van der Waals surface area contributed by atoms with Crippen molar-refractivity contribution in [3.05, 3.63) is 52.1 Å². The lowest BCUT2D eigenvalue weighted by molar-refractivity contribution is 0.817. The highest BCUT2D eigenvalue weighted by Crippen LogP contribution is 2.30. The Labute approximate surface area is 121 Å². The molecule has 0 radical (unpaired) electrons. The van der Waals surface area contributed by atoms with Crippen molar-refractivity contribution in [1.82, 2.24) is 10.3 Å². The van der Waals surface area contributed by atoms with Crippen molar-refractivity contribution in [2.24, 2.45) is 0 Å². The van der Waals surface area contributed by atoms with Crippen LogP contribution in [0.15, 0.2) is 46.5 Å². The molecule has 0 saturated heterocycles. The fourth-order valence-corrected chi connectivity index (χ4v) is 2.69. The minimum Gasteiger partial charge on any atom is -0.316 e. The summed E-state index contributed by atoms with van der Waals surface area (Å²) in [6.07, 6.45) is 1.64. The van der Waals surface area contributed by atoms with Gasteiger partial charge in [-0.15, -0.1) is 0 Å². The van der Waals surface area contributed by atoms with E-state index in [1.807, 2.05) is 37.4 Å². The zero-order chi connectivity index (χ0) is 13.0. The third-order valence-electron chi connectivity index (χ3n) is 2.31. The van der Waals surface area contributed by atoms with E-state index in [1.165, 1.54) is 0 Å². The molecule has 2 rings (SSSR count). The van der Waals surface area contributed by atoms with Crippen LogP contribution in [0.25, 0.3) is 0 Å². The zero-order valence-electron chi connectivity index (χ0n) is 9.78. The summed E-state index contributed by atoms with van der Waals surface area (Å²) >= 11 is 13.6. The highest BCUT2D eigenvalue weighted by atomic mass is 35.5. The molecule has 0 spiro atoms. The van der Waals surface area contributed by atoms with E-state index < -0.39 is 0 Å². The van der Waals surface area contributed by atoms with Crippen LogP contribution < -0.4 is 5.32 Å². The lowest BCUT2D eigenvalue weighted by Gasteiger charge is -2.06. The van der Waals surface area contributed by atoms with Crippen molar-refractivity contribution >= 4 is 35.0 Å². The number of hydrogen-bond acceptors (Lipinski definition) is 3. The third kappa shape index (κ3) is 3.62. The normalized spacial score (nSPS) is 10.6. The van der Waals surface area contributed by atoms with Gasteiger partial charge in [-0.1, -0.05) is 41.0 Å². The van der Waals surface area contributed by atoms with Gasteiger partial charge < -0.3 is 5.32 Å². The minimum absolute atomic E-state index is 0.641. The van der Waals surface area contributed by atoms with Crippen LogP contribution in [0.4, 0.5) is 0 Å². The summed E-state index contributed by atoms with van der Waals surface area (Å²) in [6, 6.07) is 9.74. The lowest BCUT2D eigenvalue weighted by atomic mass is 10.2. The van der Waals surface area contributed by atoms with E-state index in [2.05, 4.69) is 10.3 Å². The maximum Gasteiger partial charge on any atom is 0.101 e. The second-order valence-corrected chi connectivity index (χ2v) is 5.64. The number of nitrogens with zero attached hydrogens (tertiary/aromatic N) is 1. The molecule has 1 aromatic carbocycles. The first-order valence-electron chi connectivity index (χ1n) is 5.41. The molecule has 0 amide bonds. The number of pyridine rings is 1. The van der Waals surface area contributed by atoms with Gasteiger partial charge in [-0.3, -0.25) is 0 Å². The van der Waals surface area contributed by atoms with Crippen LogP contribution in [-0.4, -0.2) is 12.0 Å². The standard InChI is InChI=1S/C13H12Cl2N2S/c1-16-7-9-2-4-11(6-12(9)15)18-13-5-3-10(14)8-17-13/h2-6,8,16H,7H2,1H3. The monoisotopic (exact) mass is 298 g/mol. The molecule has 2 aromatic rings. The van der Waals surface area contributed by atoms with E-state index in [4.69, 9.17) is 23.2 Å². The van der Waals surface area contributed by atoms with Crippen LogP contribution in [0.2, 0.25) is 10.0 Å². The molecule has 0 bridgehead atoms. The van der Waals surface area contributed by atoms with Gasteiger partial charge in [-0.25, -0.2) is 4.98 Å². The number of benzene rings is 1. The van der Waals surface area contributed by atoms with Gasteiger partial charge in [0, 0.05) is 22.7 Å². The van der Waals surface area contributed by atoms with Crippen molar-refractivity contribution < 1.29 is 0 Å². The van der Waals surface area contributed by atoms with Crippen LogP contribution in [0.1, 0.15) is 5.56 Å². The highest BCUT2D eigenvalue weighted by Gasteiger charge is 2.03. The molecule has 0 saturated carbocycles.